The maximum absolute atomic E-state index is 12.9. The molecule has 2 aromatic rings. The van der Waals surface area contributed by atoms with Crippen molar-refractivity contribution in [1.29, 1.82) is 0 Å². The van der Waals surface area contributed by atoms with Crippen LogP contribution in [-0.2, 0) is 24.2 Å². The standard InChI is InChI=1S/C19H25N3O7S2/c1-13-16(18(24)29-4)30-19(20-13)21-17(23)14-5-7-15(8-6-14)31(25,26)22(9-11-27-2)10-12-28-3/h5-8H,9-12H2,1-4H3,(H,20,21,23). The molecule has 12 heteroatoms. The highest BCUT2D eigenvalue weighted by Crippen LogP contribution is 2.24. The van der Waals surface area contributed by atoms with E-state index in [0.717, 1.165) is 11.3 Å². The van der Waals surface area contributed by atoms with Gasteiger partial charge in [-0.15, -0.1) is 0 Å². The number of aromatic nitrogens is 1. The lowest BCUT2D eigenvalue weighted by molar-refractivity contribution is 0.0605. The number of nitrogens with one attached hydrogen (secondary N) is 1. The number of thiazole rings is 1. The SMILES string of the molecule is COCCN(CCOC)S(=O)(=O)c1ccc(C(=O)Nc2nc(C)c(C(=O)OC)s2)cc1. The topological polar surface area (TPSA) is 124 Å². The van der Waals surface area contributed by atoms with Gasteiger partial charge in [0, 0.05) is 32.9 Å². The number of rotatable bonds is 11. The lowest BCUT2D eigenvalue weighted by Crippen LogP contribution is -2.36. The summed E-state index contributed by atoms with van der Waals surface area (Å²) in [5.74, 6) is -1.01. The molecule has 1 amide bonds. The van der Waals surface area contributed by atoms with Crippen molar-refractivity contribution >= 4 is 38.4 Å². The third kappa shape index (κ3) is 6.31. The number of esters is 1. The Balaban J connectivity index is 2.16. The number of sulfonamides is 1. The van der Waals surface area contributed by atoms with Crippen molar-refractivity contribution in [3.8, 4) is 0 Å². The first-order valence-corrected chi connectivity index (χ1v) is 11.5. The number of aryl methyl sites for hydroxylation is 1. The van der Waals surface area contributed by atoms with Gasteiger partial charge >= 0.3 is 5.97 Å². The van der Waals surface area contributed by atoms with Crippen molar-refractivity contribution < 1.29 is 32.2 Å². The summed E-state index contributed by atoms with van der Waals surface area (Å²) in [6.45, 7) is 2.47. The minimum atomic E-state index is -3.78. The van der Waals surface area contributed by atoms with Gasteiger partial charge in [0.05, 0.1) is 30.9 Å². The molecule has 0 atom stereocenters. The molecule has 0 aliphatic carbocycles. The molecule has 2 rings (SSSR count). The fourth-order valence-electron chi connectivity index (χ4n) is 2.57. The van der Waals surface area contributed by atoms with Crippen molar-refractivity contribution in [3.05, 3.63) is 40.4 Å². The predicted octanol–water partition coefficient (Wildman–Crippen LogP) is 1.77. The minimum Gasteiger partial charge on any atom is -0.465 e. The van der Waals surface area contributed by atoms with Crippen LogP contribution in [0.1, 0.15) is 25.7 Å². The molecule has 0 fully saturated rings. The maximum atomic E-state index is 12.9. The number of methoxy groups -OCH3 is 3. The van der Waals surface area contributed by atoms with Crippen LogP contribution >= 0.6 is 11.3 Å². The second kappa shape index (κ2) is 11.3. The van der Waals surface area contributed by atoms with Gasteiger partial charge in [0.25, 0.3) is 5.91 Å². The number of hydrogen-bond acceptors (Lipinski definition) is 9. The summed E-state index contributed by atoms with van der Waals surface area (Å²) >= 11 is 0.998. The first-order chi connectivity index (χ1) is 14.7. The van der Waals surface area contributed by atoms with Crippen LogP contribution in [-0.4, -0.2) is 77.2 Å². The van der Waals surface area contributed by atoms with Crippen LogP contribution in [0.25, 0.3) is 0 Å². The van der Waals surface area contributed by atoms with E-state index in [9.17, 15) is 18.0 Å². The molecule has 1 heterocycles. The monoisotopic (exact) mass is 471 g/mol. The zero-order valence-corrected chi connectivity index (χ0v) is 19.3. The molecule has 0 radical (unpaired) electrons. The van der Waals surface area contributed by atoms with Gasteiger partial charge in [-0.25, -0.2) is 18.2 Å². The van der Waals surface area contributed by atoms with E-state index >= 15 is 0 Å². The fraction of sp³-hybridized carbons (Fsp3) is 0.421. The summed E-state index contributed by atoms with van der Waals surface area (Å²) in [4.78, 5) is 28.7. The Labute approximate surface area is 185 Å². The van der Waals surface area contributed by atoms with Crippen LogP contribution in [0.5, 0.6) is 0 Å². The Morgan fingerprint density at radius 3 is 2.16 bits per heavy atom. The summed E-state index contributed by atoms with van der Waals surface area (Å²) < 4.78 is 41.7. The highest BCUT2D eigenvalue weighted by atomic mass is 32.2. The number of ether oxygens (including phenoxy) is 3. The van der Waals surface area contributed by atoms with E-state index in [1.807, 2.05) is 0 Å². The molecule has 0 aliphatic rings. The van der Waals surface area contributed by atoms with E-state index in [0.29, 0.717) is 10.6 Å². The number of amides is 1. The van der Waals surface area contributed by atoms with Gasteiger partial charge in [-0.1, -0.05) is 11.3 Å². The smallest absolute Gasteiger partial charge is 0.350 e. The Bertz CT molecular complexity index is 996. The van der Waals surface area contributed by atoms with E-state index < -0.39 is 21.9 Å². The fourth-order valence-corrected chi connectivity index (χ4v) is 4.85. The first kappa shape index (κ1) is 24.9. The molecule has 1 aromatic heterocycles. The summed E-state index contributed by atoms with van der Waals surface area (Å²) in [5, 5.41) is 2.84. The van der Waals surface area contributed by atoms with Gasteiger partial charge in [0.1, 0.15) is 4.88 Å². The van der Waals surface area contributed by atoms with Crippen LogP contribution in [0.4, 0.5) is 5.13 Å². The maximum Gasteiger partial charge on any atom is 0.350 e. The predicted molar refractivity (Wildman–Crippen MR) is 115 cm³/mol. The third-order valence-corrected chi connectivity index (χ3v) is 7.20. The molecule has 0 bridgehead atoms. The van der Waals surface area contributed by atoms with E-state index in [2.05, 4.69) is 15.0 Å². The van der Waals surface area contributed by atoms with Crippen LogP contribution in [0, 0.1) is 6.92 Å². The third-order valence-electron chi connectivity index (χ3n) is 4.23. The molecule has 1 aromatic carbocycles. The largest absolute Gasteiger partial charge is 0.465 e. The van der Waals surface area contributed by atoms with Gasteiger partial charge in [-0.2, -0.15) is 4.31 Å². The Hall–Kier alpha value is -2.38. The molecule has 10 nitrogen and oxygen atoms in total. The van der Waals surface area contributed by atoms with Gasteiger partial charge in [0.2, 0.25) is 10.0 Å². The second-order valence-corrected chi connectivity index (χ2v) is 9.23. The van der Waals surface area contributed by atoms with E-state index in [1.165, 1.54) is 49.9 Å². The normalized spacial score (nSPS) is 11.5. The van der Waals surface area contributed by atoms with Crippen molar-refractivity contribution in [2.45, 2.75) is 11.8 Å². The molecule has 31 heavy (non-hydrogen) atoms. The molecule has 1 N–H and O–H groups in total. The average Bonchev–Trinajstić information content (AvgIpc) is 3.13. The number of nitrogens with zero attached hydrogens (tertiary/aromatic N) is 2. The van der Waals surface area contributed by atoms with Gasteiger partial charge < -0.3 is 14.2 Å². The van der Waals surface area contributed by atoms with Crippen molar-refractivity contribution in [2.24, 2.45) is 0 Å². The number of carbonyl (C=O) groups is 2. The second-order valence-electron chi connectivity index (χ2n) is 6.29. The lowest BCUT2D eigenvalue weighted by Gasteiger charge is -2.21. The molecule has 170 valence electrons. The van der Waals surface area contributed by atoms with E-state index in [1.54, 1.807) is 6.92 Å². The molecular weight excluding hydrogens is 446 g/mol. The molecule has 0 saturated heterocycles. The highest BCUT2D eigenvalue weighted by molar-refractivity contribution is 7.89. The number of anilines is 1. The Morgan fingerprint density at radius 1 is 1.06 bits per heavy atom. The molecule has 0 unspecified atom stereocenters. The first-order valence-electron chi connectivity index (χ1n) is 9.19. The molecule has 0 aliphatic heterocycles. The highest BCUT2D eigenvalue weighted by Gasteiger charge is 2.24. The van der Waals surface area contributed by atoms with Gasteiger partial charge in [-0.05, 0) is 31.2 Å². The molecule has 0 saturated carbocycles. The molecular formula is C19H25N3O7S2. The summed E-state index contributed by atoms with van der Waals surface area (Å²) in [6, 6.07) is 5.55. The van der Waals surface area contributed by atoms with Crippen LogP contribution < -0.4 is 5.32 Å². The number of hydrogen-bond donors (Lipinski definition) is 1. The number of benzene rings is 1. The van der Waals surface area contributed by atoms with E-state index in [4.69, 9.17) is 9.47 Å². The van der Waals surface area contributed by atoms with Crippen molar-refractivity contribution in [3.63, 3.8) is 0 Å². The van der Waals surface area contributed by atoms with Gasteiger partial charge in [-0.3, -0.25) is 10.1 Å². The van der Waals surface area contributed by atoms with Gasteiger partial charge in [0.15, 0.2) is 5.13 Å². The summed E-state index contributed by atoms with van der Waals surface area (Å²) in [5.41, 5.74) is 0.688. The van der Waals surface area contributed by atoms with Crippen molar-refractivity contribution in [1.82, 2.24) is 9.29 Å². The Kier molecular flexibility index (Phi) is 9.07. The zero-order chi connectivity index (χ0) is 23.0. The minimum absolute atomic E-state index is 0.0503. The van der Waals surface area contributed by atoms with E-state index in [-0.39, 0.29) is 41.9 Å². The average molecular weight is 472 g/mol. The quantitative estimate of drug-likeness (QED) is 0.492. The summed E-state index contributed by atoms with van der Waals surface area (Å²) in [6.07, 6.45) is 0. The lowest BCUT2D eigenvalue weighted by atomic mass is 10.2. The van der Waals surface area contributed by atoms with Crippen LogP contribution in [0.2, 0.25) is 0 Å². The van der Waals surface area contributed by atoms with Crippen LogP contribution in [0.15, 0.2) is 29.2 Å². The van der Waals surface area contributed by atoms with Crippen molar-refractivity contribution in [2.75, 3.05) is 52.9 Å². The van der Waals surface area contributed by atoms with Crippen LogP contribution in [0.3, 0.4) is 0 Å². The Morgan fingerprint density at radius 2 is 1.65 bits per heavy atom. The molecule has 0 spiro atoms. The summed E-state index contributed by atoms with van der Waals surface area (Å²) in [7, 11) is 0.469. The number of carbonyl (C=O) groups excluding carboxylic acids is 2. The zero-order valence-electron chi connectivity index (χ0n) is 17.7.